The first-order valence-electron chi connectivity index (χ1n) is 7.89. The van der Waals surface area contributed by atoms with E-state index in [0.717, 1.165) is 25.8 Å². The van der Waals surface area contributed by atoms with Gasteiger partial charge in [0.1, 0.15) is 0 Å². The summed E-state index contributed by atoms with van der Waals surface area (Å²) in [7, 11) is 2.22. The van der Waals surface area contributed by atoms with Crippen LogP contribution in [-0.4, -0.2) is 66.3 Å². The van der Waals surface area contributed by atoms with Crippen LogP contribution in [0.5, 0.6) is 0 Å². The van der Waals surface area contributed by atoms with Gasteiger partial charge in [-0.3, -0.25) is 4.90 Å². The molecular formula is C15H33N3O. The SMILES string of the molecule is CCC1CN(C)CCCN1CCCC(O)(CC)CN. The Morgan fingerprint density at radius 1 is 1.32 bits per heavy atom. The van der Waals surface area contributed by atoms with Crippen LogP contribution in [0.15, 0.2) is 0 Å². The second kappa shape index (κ2) is 8.20. The van der Waals surface area contributed by atoms with Crippen LogP contribution in [0.25, 0.3) is 0 Å². The molecule has 0 aromatic rings. The quantitative estimate of drug-likeness (QED) is 0.732. The van der Waals surface area contributed by atoms with Crippen molar-refractivity contribution in [1.29, 1.82) is 0 Å². The Morgan fingerprint density at radius 2 is 2.05 bits per heavy atom. The van der Waals surface area contributed by atoms with E-state index in [-0.39, 0.29) is 0 Å². The van der Waals surface area contributed by atoms with E-state index in [4.69, 9.17) is 5.73 Å². The molecule has 0 radical (unpaired) electrons. The second-order valence-electron chi connectivity index (χ2n) is 6.10. The van der Waals surface area contributed by atoms with Crippen molar-refractivity contribution >= 4 is 0 Å². The Labute approximate surface area is 118 Å². The minimum atomic E-state index is -0.648. The van der Waals surface area contributed by atoms with Crippen molar-refractivity contribution in [1.82, 2.24) is 9.80 Å². The standard InChI is InChI=1S/C15H33N3O/c1-4-14-12-17(3)9-7-11-18(14)10-6-8-15(19,5-2)13-16/h14,19H,4-13,16H2,1-3H3. The lowest BCUT2D eigenvalue weighted by Gasteiger charge is -2.32. The normalized spacial score (nSPS) is 26.1. The van der Waals surface area contributed by atoms with Crippen LogP contribution in [0.4, 0.5) is 0 Å². The Balaban J connectivity index is 2.41. The summed E-state index contributed by atoms with van der Waals surface area (Å²) in [4.78, 5) is 5.05. The molecule has 0 amide bonds. The summed E-state index contributed by atoms with van der Waals surface area (Å²) in [5.41, 5.74) is 5.01. The highest BCUT2D eigenvalue weighted by Gasteiger charge is 2.25. The molecule has 19 heavy (non-hydrogen) atoms. The number of aliphatic hydroxyl groups is 1. The van der Waals surface area contributed by atoms with E-state index in [2.05, 4.69) is 23.8 Å². The van der Waals surface area contributed by atoms with Crippen LogP contribution in [-0.2, 0) is 0 Å². The second-order valence-corrected chi connectivity index (χ2v) is 6.10. The molecule has 1 rings (SSSR count). The molecule has 1 aliphatic rings. The summed E-state index contributed by atoms with van der Waals surface area (Å²) >= 11 is 0. The van der Waals surface area contributed by atoms with Gasteiger partial charge in [0.25, 0.3) is 0 Å². The van der Waals surface area contributed by atoms with Gasteiger partial charge >= 0.3 is 0 Å². The van der Waals surface area contributed by atoms with Gasteiger partial charge in [-0.05, 0) is 58.8 Å². The molecule has 4 nitrogen and oxygen atoms in total. The van der Waals surface area contributed by atoms with Gasteiger partial charge in [-0.2, -0.15) is 0 Å². The lowest BCUT2D eigenvalue weighted by molar-refractivity contribution is 0.0300. The lowest BCUT2D eigenvalue weighted by atomic mass is 9.94. The average molecular weight is 271 g/mol. The first-order valence-corrected chi connectivity index (χ1v) is 7.89. The smallest absolute Gasteiger partial charge is 0.0767 e. The molecule has 1 heterocycles. The summed E-state index contributed by atoms with van der Waals surface area (Å²) in [5, 5.41) is 10.2. The first-order chi connectivity index (χ1) is 9.04. The third-order valence-electron chi connectivity index (χ3n) is 4.62. The minimum Gasteiger partial charge on any atom is -0.389 e. The van der Waals surface area contributed by atoms with Crippen molar-refractivity contribution in [2.45, 2.75) is 57.6 Å². The average Bonchev–Trinajstić information content (AvgIpc) is 2.60. The number of likely N-dealkylation sites (N-methyl/N-ethyl adjacent to an activating group) is 1. The van der Waals surface area contributed by atoms with Gasteiger partial charge in [0.15, 0.2) is 0 Å². The van der Waals surface area contributed by atoms with E-state index in [0.29, 0.717) is 12.6 Å². The molecule has 3 N–H and O–H groups in total. The van der Waals surface area contributed by atoms with Crippen molar-refractivity contribution in [3.8, 4) is 0 Å². The van der Waals surface area contributed by atoms with Crippen LogP contribution in [0, 0.1) is 0 Å². The molecule has 0 aromatic carbocycles. The predicted octanol–water partition coefficient (Wildman–Crippen LogP) is 1.28. The van der Waals surface area contributed by atoms with Gasteiger partial charge < -0.3 is 15.7 Å². The Hall–Kier alpha value is -0.160. The van der Waals surface area contributed by atoms with Crippen LogP contribution >= 0.6 is 0 Å². The van der Waals surface area contributed by atoms with E-state index in [1.807, 2.05) is 6.92 Å². The fourth-order valence-electron chi connectivity index (χ4n) is 3.01. The Morgan fingerprint density at radius 3 is 2.63 bits per heavy atom. The summed E-state index contributed by atoms with van der Waals surface area (Å²) in [6, 6.07) is 0.667. The topological polar surface area (TPSA) is 52.7 Å². The minimum absolute atomic E-state index is 0.378. The highest BCUT2D eigenvalue weighted by molar-refractivity contribution is 4.81. The van der Waals surface area contributed by atoms with E-state index in [9.17, 15) is 5.11 Å². The summed E-state index contributed by atoms with van der Waals surface area (Å²) in [6.07, 6.45) is 5.08. The third-order valence-corrected chi connectivity index (χ3v) is 4.62. The molecule has 1 aliphatic heterocycles. The molecule has 0 aromatic heterocycles. The molecule has 0 saturated carbocycles. The maximum Gasteiger partial charge on any atom is 0.0767 e. The largest absolute Gasteiger partial charge is 0.389 e. The third kappa shape index (κ3) is 5.38. The van der Waals surface area contributed by atoms with Crippen LogP contribution in [0.3, 0.4) is 0 Å². The molecule has 114 valence electrons. The zero-order valence-electron chi connectivity index (χ0n) is 13.1. The number of nitrogens with zero attached hydrogens (tertiary/aromatic N) is 2. The van der Waals surface area contributed by atoms with Crippen LogP contribution in [0.2, 0.25) is 0 Å². The van der Waals surface area contributed by atoms with Crippen molar-refractivity contribution in [3.05, 3.63) is 0 Å². The fourth-order valence-corrected chi connectivity index (χ4v) is 3.01. The van der Waals surface area contributed by atoms with E-state index in [1.165, 1.54) is 32.5 Å². The van der Waals surface area contributed by atoms with Gasteiger partial charge in [-0.15, -0.1) is 0 Å². The molecule has 0 aliphatic carbocycles. The summed E-state index contributed by atoms with van der Waals surface area (Å²) in [5.74, 6) is 0. The highest BCUT2D eigenvalue weighted by atomic mass is 16.3. The Kier molecular flexibility index (Phi) is 7.29. The first kappa shape index (κ1) is 16.9. The molecule has 4 heteroatoms. The van der Waals surface area contributed by atoms with Gasteiger partial charge in [0.2, 0.25) is 0 Å². The van der Waals surface area contributed by atoms with Crippen LogP contribution < -0.4 is 5.73 Å². The van der Waals surface area contributed by atoms with Crippen molar-refractivity contribution in [3.63, 3.8) is 0 Å². The molecule has 2 atom stereocenters. The van der Waals surface area contributed by atoms with Gasteiger partial charge in [0.05, 0.1) is 5.60 Å². The molecule has 1 fully saturated rings. The van der Waals surface area contributed by atoms with E-state index >= 15 is 0 Å². The van der Waals surface area contributed by atoms with Gasteiger partial charge in [-0.25, -0.2) is 0 Å². The molecule has 1 saturated heterocycles. The molecule has 2 unspecified atom stereocenters. The lowest BCUT2D eigenvalue weighted by Crippen LogP contribution is -2.42. The van der Waals surface area contributed by atoms with Gasteiger partial charge in [-0.1, -0.05) is 13.8 Å². The number of hydrogen-bond donors (Lipinski definition) is 2. The molecule has 0 spiro atoms. The zero-order chi connectivity index (χ0) is 14.3. The van der Waals surface area contributed by atoms with Gasteiger partial charge in [0, 0.05) is 19.1 Å². The van der Waals surface area contributed by atoms with Crippen molar-refractivity contribution < 1.29 is 5.11 Å². The molecular weight excluding hydrogens is 238 g/mol. The zero-order valence-corrected chi connectivity index (χ0v) is 13.1. The van der Waals surface area contributed by atoms with E-state index < -0.39 is 5.60 Å². The number of rotatable bonds is 7. The molecule has 0 bridgehead atoms. The maximum atomic E-state index is 10.2. The van der Waals surface area contributed by atoms with Crippen molar-refractivity contribution in [2.75, 3.05) is 39.8 Å². The van der Waals surface area contributed by atoms with E-state index in [1.54, 1.807) is 0 Å². The number of nitrogens with two attached hydrogens (primary N) is 1. The van der Waals surface area contributed by atoms with Crippen molar-refractivity contribution in [2.24, 2.45) is 5.73 Å². The fraction of sp³-hybridized carbons (Fsp3) is 1.00. The predicted molar refractivity (Wildman–Crippen MR) is 81.3 cm³/mol. The number of hydrogen-bond acceptors (Lipinski definition) is 4. The van der Waals surface area contributed by atoms with Crippen LogP contribution in [0.1, 0.15) is 46.0 Å². The summed E-state index contributed by atoms with van der Waals surface area (Å²) in [6.45, 7) is 9.33. The maximum absolute atomic E-state index is 10.2. The monoisotopic (exact) mass is 271 g/mol. The highest BCUT2D eigenvalue weighted by Crippen LogP contribution is 2.18. The summed E-state index contributed by atoms with van der Waals surface area (Å²) < 4.78 is 0. The Bertz CT molecular complexity index is 244.